The number of nitrogens with one attached hydrogen (secondary N) is 1. The average molecular weight is 254 g/mol. The van der Waals surface area contributed by atoms with E-state index in [2.05, 4.69) is 37.9 Å². The van der Waals surface area contributed by atoms with Crippen molar-refractivity contribution in [2.24, 2.45) is 11.8 Å². The molecule has 0 aliphatic carbocycles. The van der Waals surface area contributed by atoms with E-state index in [0.29, 0.717) is 0 Å². The summed E-state index contributed by atoms with van der Waals surface area (Å²) in [5.41, 5.74) is 0. The van der Waals surface area contributed by atoms with Crippen LogP contribution in [-0.4, -0.2) is 37.1 Å². The lowest BCUT2D eigenvalue weighted by molar-refractivity contribution is 0.169. The zero-order valence-electron chi connectivity index (χ0n) is 13.0. The molecule has 1 heterocycles. The Kier molecular flexibility index (Phi) is 7.92. The van der Waals surface area contributed by atoms with Crippen molar-refractivity contribution >= 4 is 0 Å². The molecule has 0 radical (unpaired) electrons. The van der Waals surface area contributed by atoms with Gasteiger partial charge in [-0.25, -0.2) is 0 Å². The van der Waals surface area contributed by atoms with E-state index in [-0.39, 0.29) is 0 Å². The van der Waals surface area contributed by atoms with Crippen molar-refractivity contribution < 1.29 is 0 Å². The number of rotatable bonds is 7. The van der Waals surface area contributed by atoms with Gasteiger partial charge in [0.2, 0.25) is 0 Å². The molecule has 1 saturated heterocycles. The lowest BCUT2D eigenvalue weighted by Gasteiger charge is -2.32. The first-order chi connectivity index (χ1) is 8.59. The van der Waals surface area contributed by atoms with Gasteiger partial charge in [-0.2, -0.15) is 0 Å². The van der Waals surface area contributed by atoms with E-state index in [1.807, 2.05) is 0 Å². The number of nitrogens with zero attached hydrogens (tertiary/aromatic N) is 1. The Bertz CT molecular complexity index is 181. The van der Waals surface area contributed by atoms with Crippen LogP contribution < -0.4 is 5.32 Å². The second-order valence-corrected chi connectivity index (χ2v) is 6.75. The van der Waals surface area contributed by atoms with Gasteiger partial charge in [0.25, 0.3) is 0 Å². The van der Waals surface area contributed by atoms with Crippen molar-refractivity contribution in [3.05, 3.63) is 0 Å². The molecule has 108 valence electrons. The molecule has 1 atom stereocenters. The average Bonchev–Trinajstić information content (AvgIpc) is 2.57. The molecule has 1 aliphatic heterocycles. The van der Waals surface area contributed by atoms with Gasteiger partial charge in [-0.05, 0) is 57.2 Å². The van der Waals surface area contributed by atoms with Gasteiger partial charge in [-0.1, -0.05) is 34.1 Å². The Morgan fingerprint density at radius 2 is 1.61 bits per heavy atom. The summed E-state index contributed by atoms with van der Waals surface area (Å²) in [5.74, 6) is 1.65. The molecule has 0 aromatic carbocycles. The van der Waals surface area contributed by atoms with Gasteiger partial charge in [0.05, 0.1) is 0 Å². The highest BCUT2D eigenvalue weighted by Gasteiger charge is 2.19. The predicted octanol–water partition coefficient (Wildman–Crippen LogP) is 3.52. The van der Waals surface area contributed by atoms with Crippen LogP contribution in [0.2, 0.25) is 0 Å². The third-order valence-electron chi connectivity index (χ3n) is 4.02. The van der Waals surface area contributed by atoms with Crippen molar-refractivity contribution in [1.82, 2.24) is 10.2 Å². The van der Waals surface area contributed by atoms with E-state index in [0.717, 1.165) is 17.9 Å². The van der Waals surface area contributed by atoms with E-state index in [4.69, 9.17) is 0 Å². The lowest BCUT2D eigenvalue weighted by atomic mass is 10.0. The molecule has 0 aromatic rings. The molecule has 0 spiro atoms. The molecular weight excluding hydrogens is 220 g/mol. The van der Waals surface area contributed by atoms with E-state index >= 15 is 0 Å². The largest absolute Gasteiger partial charge is 0.315 e. The van der Waals surface area contributed by atoms with E-state index in [1.54, 1.807) is 0 Å². The number of hydrogen-bond acceptors (Lipinski definition) is 2. The highest BCUT2D eigenvalue weighted by Crippen LogP contribution is 2.15. The molecule has 18 heavy (non-hydrogen) atoms. The quantitative estimate of drug-likeness (QED) is 0.748. The van der Waals surface area contributed by atoms with Crippen molar-refractivity contribution in [2.45, 2.75) is 65.8 Å². The second kappa shape index (κ2) is 8.92. The van der Waals surface area contributed by atoms with Crippen molar-refractivity contribution in [2.75, 3.05) is 26.2 Å². The third-order valence-corrected chi connectivity index (χ3v) is 4.02. The highest BCUT2D eigenvalue weighted by atomic mass is 15.2. The summed E-state index contributed by atoms with van der Waals surface area (Å²) in [4.78, 5) is 2.76. The van der Waals surface area contributed by atoms with Crippen LogP contribution in [0.4, 0.5) is 0 Å². The summed E-state index contributed by atoms with van der Waals surface area (Å²) in [5, 5.41) is 3.61. The molecule has 0 saturated carbocycles. The molecule has 1 N–H and O–H groups in total. The fourth-order valence-corrected chi connectivity index (χ4v) is 2.64. The Hall–Kier alpha value is -0.0800. The minimum absolute atomic E-state index is 0.782. The van der Waals surface area contributed by atoms with Crippen LogP contribution in [0.1, 0.15) is 59.8 Å². The maximum absolute atomic E-state index is 3.61. The first-order valence-electron chi connectivity index (χ1n) is 8.04. The summed E-state index contributed by atoms with van der Waals surface area (Å²) < 4.78 is 0. The summed E-state index contributed by atoms with van der Waals surface area (Å²) in [6.45, 7) is 14.4. The zero-order chi connectivity index (χ0) is 13.4. The van der Waals surface area contributed by atoms with Crippen LogP contribution in [0.5, 0.6) is 0 Å². The lowest BCUT2D eigenvalue weighted by Crippen LogP contribution is -2.43. The molecule has 2 nitrogen and oxygen atoms in total. The van der Waals surface area contributed by atoms with Crippen molar-refractivity contribution in [3.63, 3.8) is 0 Å². The second-order valence-electron chi connectivity index (χ2n) is 6.75. The van der Waals surface area contributed by atoms with Crippen LogP contribution in [0, 0.1) is 11.8 Å². The van der Waals surface area contributed by atoms with Crippen molar-refractivity contribution in [3.8, 4) is 0 Å². The van der Waals surface area contributed by atoms with Gasteiger partial charge in [-0.15, -0.1) is 0 Å². The fraction of sp³-hybridized carbons (Fsp3) is 1.00. The SMILES string of the molecule is CC(C)CCN(CCC(C)C)C1CCCCNC1. The van der Waals surface area contributed by atoms with Crippen LogP contribution in [0.25, 0.3) is 0 Å². The summed E-state index contributed by atoms with van der Waals surface area (Å²) in [6.07, 6.45) is 6.84. The number of hydrogen-bond donors (Lipinski definition) is 1. The van der Waals surface area contributed by atoms with Crippen LogP contribution in [-0.2, 0) is 0 Å². The molecule has 0 amide bonds. The van der Waals surface area contributed by atoms with Gasteiger partial charge in [0, 0.05) is 12.6 Å². The topological polar surface area (TPSA) is 15.3 Å². The smallest absolute Gasteiger partial charge is 0.0220 e. The van der Waals surface area contributed by atoms with Crippen LogP contribution in [0.15, 0.2) is 0 Å². The molecule has 0 bridgehead atoms. The Balaban J connectivity index is 2.44. The molecule has 1 unspecified atom stereocenters. The predicted molar refractivity (Wildman–Crippen MR) is 81.0 cm³/mol. The summed E-state index contributed by atoms with van der Waals surface area (Å²) >= 11 is 0. The molecule has 0 aromatic heterocycles. The van der Waals surface area contributed by atoms with Crippen LogP contribution >= 0.6 is 0 Å². The standard InChI is InChI=1S/C16H34N2/c1-14(2)8-11-18(12-9-15(3)4)16-7-5-6-10-17-13-16/h14-17H,5-13H2,1-4H3. The van der Waals surface area contributed by atoms with E-state index in [9.17, 15) is 0 Å². The van der Waals surface area contributed by atoms with Gasteiger partial charge in [-0.3, -0.25) is 4.90 Å². The van der Waals surface area contributed by atoms with E-state index in [1.165, 1.54) is 58.3 Å². The summed E-state index contributed by atoms with van der Waals surface area (Å²) in [6, 6.07) is 0.782. The Labute approximate surface area is 115 Å². The monoisotopic (exact) mass is 254 g/mol. The molecule has 2 heteroatoms. The maximum atomic E-state index is 3.61. The molecular formula is C16H34N2. The van der Waals surface area contributed by atoms with Crippen LogP contribution in [0.3, 0.4) is 0 Å². The van der Waals surface area contributed by atoms with Gasteiger partial charge in [0.1, 0.15) is 0 Å². The zero-order valence-corrected chi connectivity index (χ0v) is 13.0. The van der Waals surface area contributed by atoms with Gasteiger partial charge in [0.15, 0.2) is 0 Å². The Morgan fingerprint density at radius 1 is 1.00 bits per heavy atom. The van der Waals surface area contributed by atoms with Crippen molar-refractivity contribution in [1.29, 1.82) is 0 Å². The van der Waals surface area contributed by atoms with Gasteiger partial charge >= 0.3 is 0 Å². The first-order valence-corrected chi connectivity index (χ1v) is 8.04. The Morgan fingerprint density at radius 3 is 2.17 bits per heavy atom. The normalized spacial score (nSPS) is 21.8. The molecule has 1 rings (SSSR count). The van der Waals surface area contributed by atoms with E-state index < -0.39 is 0 Å². The molecule has 1 aliphatic rings. The first kappa shape index (κ1) is 16.0. The third kappa shape index (κ3) is 6.75. The highest BCUT2D eigenvalue weighted by molar-refractivity contribution is 4.77. The van der Waals surface area contributed by atoms with Gasteiger partial charge < -0.3 is 5.32 Å². The summed E-state index contributed by atoms with van der Waals surface area (Å²) in [7, 11) is 0. The maximum Gasteiger partial charge on any atom is 0.0220 e. The molecule has 1 fully saturated rings. The fourth-order valence-electron chi connectivity index (χ4n) is 2.64. The minimum atomic E-state index is 0.782. The minimum Gasteiger partial charge on any atom is -0.315 e.